The number of nitrogens with one attached hydrogen (secondary N) is 1. The lowest BCUT2D eigenvalue weighted by Crippen LogP contribution is -2.50. The standard InChI is InChI=1S/C24H27N3O4/c1-31-18-4-2-3-16(11-18)19-14-27(24(30)15-5-6-15)21-8-10-26(13-20(19)21)23(29)17-7-9-25-22(28)12-17/h2-4,7,9,11-12,15,19-21H,5-6,8,10,13-14H2,1H3,(H,25,28)/t19-,20-,21-/m1/s1. The number of benzene rings is 1. The number of carbonyl (C=O) groups excluding carboxylic acids is 2. The van der Waals surface area contributed by atoms with Crippen LogP contribution in [0.5, 0.6) is 5.75 Å². The second-order valence-corrected chi connectivity index (χ2v) is 8.86. The SMILES string of the molecule is COc1cccc([C@H]2CN(C(=O)C3CC3)[C@@H]3CCN(C(=O)c4cc[nH]c(=O)c4)C[C@H]23)c1. The molecular formula is C24H27N3O4. The molecule has 1 aromatic heterocycles. The monoisotopic (exact) mass is 421 g/mol. The number of ether oxygens (including phenoxy) is 1. The largest absolute Gasteiger partial charge is 0.497 e. The van der Waals surface area contributed by atoms with E-state index in [1.54, 1.807) is 13.2 Å². The van der Waals surface area contributed by atoms with Crippen molar-refractivity contribution in [2.24, 2.45) is 11.8 Å². The van der Waals surface area contributed by atoms with Crippen LogP contribution in [0.25, 0.3) is 0 Å². The first-order chi connectivity index (χ1) is 15.0. The Bertz CT molecular complexity index is 1060. The summed E-state index contributed by atoms with van der Waals surface area (Å²) in [5.74, 6) is 1.44. The number of aromatic amines is 1. The van der Waals surface area contributed by atoms with Crippen molar-refractivity contribution in [2.45, 2.75) is 31.2 Å². The Morgan fingerprint density at radius 1 is 1.10 bits per heavy atom. The highest BCUT2D eigenvalue weighted by Gasteiger charge is 2.50. The summed E-state index contributed by atoms with van der Waals surface area (Å²) in [6, 6.07) is 11.2. The third-order valence-corrected chi connectivity index (χ3v) is 6.97. The number of fused-ring (bicyclic) bond motifs is 1. The van der Waals surface area contributed by atoms with Gasteiger partial charge in [0, 0.05) is 61.3 Å². The third kappa shape index (κ3) is 3.73. The van der Waals surface area contributed by atoms with E-state index in [1.807, 2.05) is 23.1 Å². The molecule has 3 heterocycles. The van der Waals surface area contributed by atoms with Crippen LogP contribution in [0.4, 0.5) is 0 Å². The van der Waals surface area contributed by atoms with Gasteiger partial charge in [0.25, 0.3) is 5.91 Å². The first kappa shape index (κ1) is 19.8. The van der Waals surface area contributed by atoms with Crippen LogP contribution in [0, 0.1) is 11.8 Å². The first-order valence-electron chi connectivity index (χ1n) is 11.0. The fourth-order valence-corrected chi connectivity index (χ4v) is 5.22. The summed E-state index contributed by atoms with van der Waals surface area (Å²) in [4.78, 5) is 44.3. The highest BCUT2D eigenvalue weighted by atomic mass is 16.5. The predicted molar refractivity (Wildman–Crippen MR) is 115 cm³/mol. The normalized spacial score (nSPS) is 25.3. The number of carbonyl (C=O) groups is 2. The van der Waals surface area contributed by atoms with E-state index in [-0.39, 0.29) is 41.2 Å². The van der Waals surface area contributed by atoms with E-state index in [0.29, 0.717) is 25.2 Å². The molecule has 1 aromatic carbocycles. The second-order valence-electron chi connectivity index (χ2n) is 8.86. The highest BCUT2D eigenvalue weighted by molar-refractivity contribution is 5.94. The summed E-state index contributed by atoms with van der Waals surface area (Å²) >= 11 is 0. The maximum Gasteiger partial charge on any atom is 0.254 e. The number of aromatic nitrogens is 1. The van der Waals surface area contributed by atoms with Crippen LogP contribution >= 0.6 is 0 Å². The predicted octanol–water partition coefficient (Wildman–Crippen LogP) is 2.25. The van der Waals surface area contributed by atoms with Gasteiger partial charge in [-0.05, 0) is 43.0 Å². The molecule has 7 heteroatoms. The van der Waals surface area contributed by atoms with E-state index >= 15 is 0 Å². The van der Waals surface area contributed by atoms with Crippen LogP contribution in [0.1, 0.15) is 41.1 Å². The molecule has 5 rings (SSSR count). The van der Waals surface area contributed by atoms with Gasteiger partial charge in [0.15, 0.2) is 0 Å². The summed E-state index contributed by atoms with van der Waals surface area (Å²) in [5.41, 5.74) is 1.27. The van der Waals surface area contributed by atoms with Crippen molar-refractivity contribution < 1.29 is 14.3 Å². The summed E-state index contributed by atoms with van der Waals surface area (Å²) in [7, 11) is 1.65. The van der Waals surface area contributed by atoms with Crippen molar-refractivity contribution in [1.82, 2.24) is 14.8 Å². The highest BCUT2D eigenvalue weighted by Crippen LogP contribution is 2.44. The van der Waals surface area contributed by atoms with Crippen molar-refractivity contribution in [2.75, 3.05) is 26.7 Å². The summed E-state index contributed by atoms with van der Waals surface area (Å²) in [6.07, 6.45) is 4.25. The van der Waals surface area contributed by atoms with E-state index in [4.69, 9.17) is 4.74 Å². The van der Waals surface area contributed by atoms with Gasteiger partial charge in [0.05, 0.1) is 7.11 Å². The fourth-order valence-electron chi connectivity index (χ4n) is 5.22. The van der Waals surface area contributed by atoms with Crippen LogP contribution in [0.15, 0.2) is 47.4 Å². The smallest absolute Gasteiger partial charge is 0.254 e. The zero-order chi connectivity index (χ0) is 21.5. The van der Waals surface area contributed by atoms with E-state index < -0.39 is 0 Å². The van der Waals surface area contributed by atoms with E-state index in [0.717, 1.165) is 30.6 Å². The van der Waals surface area contributed by atoms with Gasteiger partial charge < -0.3 is 19.5 Å². The lowest BCUT2D eigenvalue weighted by Gasteiger charge is -2.39. The van der Waals surface area contributed by atoms with Gasteiger partial charge in [-0.15, -0.1) is 0 Å². The Morgan fingerprint density at radius 2 is 1.94 bits per heavy atom. The molecule has 2 aliphatic heterocycles. The molecule has 0 bridgehead atoms. The number of hydrogen-bond donors (Lipinski definition) is 1. The number of likely N-dealkylation sites (tertiary alicyclic amines) is 2. The number of piperidine rings is 1. The molecular weight excluding hydrogens is 394 g/mol. The van der Waals surface area contributed by atoms with Gasteiger partial charge in [-0.2, -0.15) is 0 Å². The molecule has 3 atom stereocenters. The molecule has 0 spiro atoms. The van der Waals surface area contributed by atoms with Crippen molar-refractivity contribution in [3.8, 4) is 5.75 Å². The average Bonchev–Trinajstić information content (AvgIpc) is 3.58. The molecule has 3 aliphatic rings. The van der Waals surface area contributed by atoms with Gasteiger partial charge in [-0.25, -0.2) is 0 Å². The van der Waals surface area contributed by atoms with Crippen LogP contribution < -0.4 is 10.3 Å². The molecule has 1 aliphatic carbocycles. The van der Waals surface area contributed by atoms with Gasteiger partial charge >= 0.3 is 0 Å². The number of nitrogens with zero attached hydrogens (tertiary/aromatic N) is 2. The van der Waals surface area contributed by atoms with Gasteiger partial charge in [-0.1, -0.05) is 12.1 Å². The number of pyridine rings is 1. The zero-order valence-corrected chi connectivity index (χ0v) is 17.6. The van der Waals surface area contributed by atoms with Crippen molar-refractivity contribution >= 4 is 11.8 Å². The van der Waals surface area contributed by atoms with Crippen molar-refractivity contribution in [1.29, 1.82) is 0 Å². The maximum atomic E-state index is 13.1. The zero-order valence-electron chi connectivity index (χ0n) is 17.6. The van der Waals surface area contributed by atoms with Gasteiger partial charge in [-0.3, -0.25) is 14.4 Å². The number of H-pyrrole nitrogens is 1. The molecule has 162 valence electrons. The van der Waals surface area contributed by atoms with Crippen LogP contribution in [-0.2, 0) is 4.79 Å². The Balaban J connectivity index is 1.43. The van der Waals surface area contributed by atoms with Crippen molar-refractivity contribution in [3.63, 3.8) is 0 Å². The molecule has 2 amide bonds. The number of methoxy groups -OCH3 is 1. The van der Waals surface area contributed by atoms with Crippen LogP contribution in [0.3, 0.4) is 0 Å². The Morgan fingerprint density at radius 3 is 2.68 bits per heavy atom. The summed E-state index contributed by atoms with van der Waals surface area (Å²) in [5, 5.41) is 0. The molecule has 1 saturated carbocycles. The number of hydrogen-bond acceptors (Lipinski definition) is 4. The third-order valence-electron chi connectivity index (χ3n) is 6.97. The Labute approximate surface area is 181 Å². The van der Waals surface area contributed by atoms with Crippen LogP contribution in [-0.4, -0.2) is 59.4 Å². The molecule has 1 N–H and O–H groups in total. The lowest BCUT2D eigenvalue weighted by atomic mass is 9.81. The van der Waals surface area contributed by atoms with Crippen LogP contribution in [0.2, 0.25) is 0 Å². The minimum atomic E-state index is -0.280. The maximum absolute atomic E-state index is 13.1. The minimum absolute atomic E-state index is 0.124. The van der Waals surface area contributed by atoms with Gasteiger partial charge in [0.1, 0.15) is 5.75 Å². The van der Waals surface area contributed by atoms with Gasteiger partial charge in [0.2, 0.25) is 11.5 Å². The van der Waals surface area contributed by atoms with E-state index in [9.17, 15) is 14.4 Å². The fraction of sp³-hybridized carbons (Fsp3) is 0.458. The van der Waals surface area contributed by atoms with E-state index in [1.165, 1.54) is 12.3 Å². The molecule has 7 nitrogen and oxygen atoms in total. The molecule has 3 fully saturated rings. The molecule has 0 radical (unpaired) electrons. The average molecular weight is 421 g/mol. The Hall–Kier alpha value is -3.09. The first-order valence-corrected chi connectivity index (χ1v) is 11.0. The molecule has 0 unspecified atom stereocenters. The summed E-state index contributed by atoms with van der Waals surface area (Å²) < 4.78 is 5.42. The molecule has 31 heavy (non-hydrogen) atoms. The van der Waals surface area contributed by atoms with E-state index in [2.05, 4.69) is 16.0 Å². The minimum Gasteiger partial charge on any atom is -0.497 e. The topological polar surface area (TPSA) is 82.7 Å². The number of rotatable bonds is 4. The lowest BCUT2D eigenvalue weighted by molar-refractivity contribution is -0.134. The molecule has 2 saturated heterocycles. The molecule has 2 aromatic rings. The van der Waals surface area contributed by atoms with Crippen molar-refractivity contribution in [3.05, 3.63) is 64.1 Å². The second kappa shape index (κ2) is 7.87. The quantitative estimate of drug-likeness (QED) is 0.821. The summed E-state index contributed by atoms with van der Waals surface area (Å²) in [6.45, 7) is 1.85. The number of amides is 2. The Kier molecular flexibility index (Phi) is 5.04.